The lowest BCUT2D eigenvalue weighted by Crippen LogP contribution is -2.46. The Balaban J connectivity index is 1.64. The SMILES string of the molecule is NC(=O)c1nsc(C(=O)N(c2ccc3c(c2)OCCO3)C(C(=O)NC2CCCC2)c2ccc(O)cc2)c1N. The van der Waals surface area contributed by atoms with E-state index in [9.17, 15) is 19.5 Å². The topological polar surface area (TPSA) is 170 Å². The zero-order valence-corrected chi connectivity index (χ0v) is 21.2. The van der Waals surface area contributed by atoms with Gasteiger partial charge >= 0.3 is 0 Å². The van der Waals surface area contributed by atoms with Crippen LogP contribution >= 0.6 is 11.5 Å². The van der Waals surface area contributed by atoms with Crippen molar-refractivity contribution in [2.24, 2.45) is 5.73 Å². The van der Waals surface area contributed by atoms with Gasteiger partial charge in [-0.25, -0.2) is 0 Å². The average Bonchev–Trinajstić information content (AvgIpc) is 3.56. The number of ether oxygens (including phenoxy) is 2. The molecule has 198 valence electrons. The van der Waals surface area contributed by atoms with Gasteiger partial charge in [0.25, 0.3) is 11.8 Å². The van der Waals surface area contributed by atoms with E-state index in [4.69, 9.17) is 20.9 Å². The van der Waals surface area contributed by atoms with Crippen LogP contribution in [0.15, 0.2) is 42.5 Å². The van der Waals surface area contributed by atoms with Crippen LogP contribution in [-0.4, -0.2) is 46.5 Å². The van der Waals surface area contributed by atoms with Gasteiger partial charge in [0.05, 0.1) is 5.69 Å². The number of amides is 3. The number of benzene rings is 2. The molecule has 2 heterocycles. The zero-order valence-electron chi connectivity index (χ0n) is 20.4. The Kier molecular flexibility index (Phi) is 7.05. The van der Waals surface area contributed by atoms with Gasteiger partial charge < -0.3 is 31.4 Å². The van der Waals surface area contributed by atoms with Crippen LogP contribution in [0.2, 0.25) is 0 Å². The molecule has 0 saturated heterocycles. The first-order chi connectivity index (χ1) is 18.3. The van der Waals surface area contributed by atoms with Gasteiger partial charge in [0.1, 0.15) is 29.9 Å². The molecule has 1 aromatic heterocycles. The number of rotatable bonds is 7. The number of aromatic nitrogens is 1. The van der Waals surface area contributed by atoms with Crippen molar-refractivity contribution in [3.8, 4) is 17.2 Å². The Bertz CT molecular complexity index is 1370. The maximum Gasteiger partial charge on any atom is 0.273 e. The highest BCUT2D eigenvalue weighted by Gasteiger charge is 2.37. The van der Waals surface area contributed by atoms with Gasteiger partial charge in [-0.2, -0.15) is 4.37 Å². The minimum atomic E-state index is -1.15. The summed E-state index contributed by atoms with van der Waals surface area (Å²) in [6.45, 7) is 0.722. The molecule has 6 N–H and O–H groups in total. The van der Waals surface area contributed by atoms with Crippen molar-refractivity contribution in [3.05, 3.63) is 58.6 Å². The first-order valence-corrected chi connectivity index (χ1v) is 13.0. The average molecular weight is 538 g/mol. The van der Waals surface area contributed by atoms with Crippen LogP contribution in [-0.2, 0) is 4.79 Å². The highest BCUT2D eigenvalue weighted by atomic mass is 32.1. The Morgan fingerprint density at radius 3 is 2.39 bits per heavy atom. The number of phenols is 1. The highest BCUT2D eigenvalue weighted by molar-refractivity contribution is 7.09. The van der Waals surface area contributed by atoms with Crippen molar-refractivity contribution in [1.29, 1.82) is 0 Å². The molecule has 1 atom stereocenters. The van der Waals surface area contributed by atoms with Gasteiger partial charge in [0.15, 0.2) is 17.2 Å². The summed E-state index contributed by atoms with van der Waals surface area (Å²) >= 11 is 0.729. The molecule has 1 aliphatic carbocycles. The first kappa shape index (κ1) is 25.3. The third kappa shape index (κ3) is 4.94. The maximum atomic E-state index is 14.2. The number of nitrogen functional groups attached to an aromatic ring is 1. The number of aromatic hydroxyl groups is 1. The smallest absolute Gasteiger partial charge is 0.273 e. The highest BCUT2D eigenvalue weighted by Crippen LogP contribution is 2.39. The number of anilines is 2. The molecule has 38 heavy (non-hydrogen) atoms. The van der Waals surface area contributed by atoms with Gasteiger partial charge in [-0.1, -0.05) is 25.0 Å². The molecule has 2 aliphatic rings. The number of carbonyl (C=O) groups is 3. The second-order valence-corrected chi connectivity index (χ2v) is 9.90. The zero-order chi connectivity index (χ0) is 26.8. The second kappa shape index (κ2) is 10.6. The van der Waals surface area contributed by atoms with E-state index in [1.807, 2.05) is 0 Å². The predicted octanol–water partition coefficient (Wildman–Crippen LogP) is 2.75. The van der Waals surface area contributed by atoms with Crippen LogP contribution in [0.3, 0.4) is 0 Å². The fourth-order valence-corrected chi connectivity index (χ4v) is 5.47. The van der Waals surface area contributed by atoms with Gasteiger partial charge in [-0.15, -0.1) is 0 Å². The molecule has 1 unspecified atom stereocenters. The standard InChI is InChI=1S/C26H27N5O6S/c27-20-21(24(28)33)30-38-23(20)26(35)31(16-7-10-18-19(13-16)37-12-11-36-18)22(14-5-8-17(32)9-6-14)25(34)29-15-3-1-2-4-15/h5-10,13,15,22,32H,1-4,11-12,27H2,(H2,28,33)(H,29,34). The van der Waals surface area contributed by atoms with Crippen molar-refractivity contribution in [3.63, 3.8) is 0 Å². The van der Waals surface area contributed by atoms with Crippen molar-refractivity contribution in [1.82, 2.24) is 9.69 Å². The number of hydrogen-bond donors (Lipinski definition) is 4. The van der Waals surface area contributed by atoms with Crippen molar-refractivity contribution < 1.29 is 29.0 Å². The van der Waals surface area contributed by atoms with E-state index in [1.54, 1.807) is 30.3 Å². The quantitative estimate of drug-likeness (QED) is 0.356. The third-order valence-electron chi connectivity index (χ3n) is 6.60. The lowest BCUT2D eigenvalue weighted by atomic mass is 10.0. The molecular weight excluding hydrogens is 510 g/mol. The molecule has 5 rings (SSSR count). The number of fused-ring (bicyclic) bond motifs is 1. The summed E-state index contributed by atoms with van der Waals surface area (Å²) in [7, 11) is 0. The van der Waals surface area contributed by atoms with Crippen molar-refractivity contribution in [2.75, 3.05) is 23.8 Å². The van der Waals surface area contributed by atoms with Crippen LogP contribution in [0, 0.1) is 0 Å². The van der Waals surface area contributed by atoms with E-state index in [0.29, 0.717) is 36.0 Å². The molecule has 11 nitrogen and oxygen atoms in total. The van der Waals surface area contributed by atoms with E-state index in [2.05, 4.69) is 9.69 Å². The van der Waals surface area contributed by atoms with E-state index in [0.717, 1.165) is 37.2 Å². The molecule has 1 fully saturated rings. The third-order valence-corrected chi connectivity index (χ3v) is 7.45. The number of primary amides is 1. The second-order valence-electron chi connectivity index (χ2n) is 9.13. The number of nitrogens with one attached hydrogen (secondary N) is 1. The number of nitrogens with zero attached hydrogens (tertiary/aromatic N) is 2. The normalized spacial score (nSPS) is 15.6. The van der Waals surface area contributed by atoms with E-state index < -0.39 is 23.8 Å². The summed E-state index contributed by atoms with van der Waals surface area (Å²) in [6, 6.07) is 9.82. The summed E-state index contributed by atoms with van der Waals surface area (Å²) in [5.41, 5.74) is 11.9. The lowest BCUT2D eigenvalue weighted by Gasteiger charge is -2.33. The Labute approximate surface area is 222 Å². The first-order valence-electron chi connectivity index (χ1n) is 12.2. The van der Waals surface area contributed by atoms with Crippen LogP contribution in [0.5, 0.6) is 17.2 Å². The number of hydrogen-bond acceptors (Lipinski definition) is 9. The summed E-state index contributed by atoms with van der Waals surface area (Å²) in [5, 5.41) is 13.0. The number of nitrogens with two attached hydrogens (primary N) is 2. The molecule has 0 bridgehead atoms. The Morgan fingerprint density at radius 2 is 1.74 bits per heavy atom. The monoisotopic (exact) mass is 537 g/mol. The van der Waals surface area contributed by atoms with Crippen LogP contribution in [0.1, 0.15) is 57.4 Å². The Morgan fingerprint density at radius 1 is 1.05 bits per heavy atom. The number of carbonyl (C=O) groups excluding carboxylic acids is 3. The van der Waals surface area contributed by atoms with E-state index in [1.165, 1.54) is 17.0 Å². The molecule has 3 aromatic rings. The van der Waals surface area contributed by atoms with Gasteiger partial charge in [-0.05, 0) is 54.2 Å². The van der Waals surface area contributed by atoms with E-state index >= 15 is 0 Å². The summed E-state index contributed by atoms with van der Waals surface area (Å²) < 4.78 is 15.3. The van der Waals surface area contributed by atoms with Crippen molar-refractivity contribution >= 4 is 40.6 Å². The van der Waals surface area contributed by atoms with Crippen LogP contribution in [0.25, 0.3) is 0 Å². The van der Waals surface area contributed by atoms with Gasteiger partial charge in [0, 0.05) is 17.8 Å². The lowest BCUT2D eigenvalue weighted by molar-refractivity contribution is -0.123. The van der Waals surface area contributed by atoms with Crippen LogP contribution in [0.4, 0.5) is 11.4 Å². The Hall–Kier alpha value is -4.32. The summed E-state index contributed by atoms with van der Waals surface area (Å²) in [5.74, 6) is -0.969. The molecule has 12 heteroatoms. The fourth-order valence-electron chi connectivity index (χ4n) is 4.73. The molecule has 1 saturated carbocycles. The minimum Gasteiger partial charge on any atom is -0.508 e. The predicted molar refractivity (Wildman–Crippen MR) is 141 cm³/mol. The molecule has 1 aliphatic heterocycles. The van der Waals surface area contributed by atoms with Gasteiger partial charge in [0.2, 0.25) is 5.91 Å². The maximum absolute atomic E-state index is 14.2. The number of phenolic OH excluding ortho intramolecular Hbond substituents is 1. The minimum absolute atomic E-state index is 0.0127. The largest absolute Gasteiger partial charge is 0.508 e. The molecule has 0 spiro atoms. The molecular formula is C26H27N5O6S. The fraction of sp³-hybridized carbons (Fsp3) is 0.308. The van der Waals surface area contributed by atoms with Gasteiger partial charge in [-0.3, -0.25) is 19.3 Å². The molecule has 0 radical (unpaired) electrons. The summed E-state index contributed by atoms with van der Waals surface area (Å²) in [4.78, 5) is 41.1. The van der Waals surface area contributed by atoms with Crippen molar-refractivity contribution in [2.45, 2.75) is 37.8 Å². The van der Waals surface area contributed by atoms with E-state index in [-0.39, 0.29) is 28.0 Å². The van der Waals surface area contributed by atoms with Crippen LogP contribution < -0.4 is 31.2 Å². The summed E-state index contributed by atoms with van der Waals surface area (Å²) in [6.07, 6.45) is 3.70. The molecule has 3 amide bonds. The molecule has 2 aromatic carbocycles.